The molecule has 6 heteroatoms. The molecule has 2 aromatic rings. The third kappa shape index (κ3) is 4.81. The van der Waals surface area contributed by atoms with Crippen LogP contribution in [0.3, 0.4) is 0 Å². The van der Waals surface area contributed by atoms with Gasteiger partial charge in [0.25, 0.3) is 0 Å². The number of hydrogen-bond acceptors (Lipinski definition) is 5. The molecule has 2 fully saturated rings. The Morgan fingerprint density at radius 3 is 1.83 bits per heavy atom. The topological polar surface area (TPSA) is 38.7 Å². The van der Waals surface area contributed by atoms with Crippen LogP contribution in [0, 0.1) is 0 Å². The molecule has 24 heavy (non-hydrogen) atoms. The predicted octanol–water partition coefficient (Wildman–Crippen LogP) is 5.43. The number of thiophene rings is 2. The maximum Gasteiger partial charge on any atom is 0.0917 e. The smallest absolute Gasteiger partial charge is 0.0917 e. The first kappa shape index (κ1) is 18.4. The zero-order chi connectivity index (χ0) is 16.8. The third-order valence-corrected chi connectivity index (χ3v) is 6.93. The molecule has 0 bridgehead atoms. The molecule has 2 saturated heterocycles. The summed E-state index contributed by atoms with van der Waals surface area (Å²) in [6.07, 6.45) is 5.31. The summed E-state index contributed by atoms with van der Waals surface area (Å²) in [4.78, 5) is 4.86. The lowest BCUT2D eigenvalue weighted by Gasteiger charge is -2.04. The van der Waals surface area contributed by atoms with Crippen LogP contribution in [-0.2, 0) is 22.0 Å². The highest BCUT2D eigenvalue weighted by Gasteiger charge is 2.19. The van der Waals surface area contributed by atoms with E-state index in [-0.39, 0.29) is 6.61 Å². The fourth-order valence-electron chi connectivity index (χ4n) is 2.90. The fourth-order valence-corrected chi connectivity index (χ4v) is 5.05. The Kier molecular flexibility index (Phi) is 7.13. The molecule has 0 radical (unpaired) electrons. The first-order valence-corrected chi connectivity index (χ1v) is 10.5. The van der Waals surface area contributed by atoms with E-state index in [0.29, 0.717) is 18.1 Å². The van der Waals surface area contributed by atoms with Crippen molar-refractivity contribution >= 4 is 34.3 Å². The average Bonchev–Trinajstić information content (AvgIpc) is 3.43. The second kappa shape index (κ2) is 9.32. The summed E-state index contributed by atoms with van der Waals surface area (Å²) < 4.78 is 11.1. The Hall–Kier alpha value is -0.430. The predicted molar refractivity (Wildman–Crippen MR) is 100.0 cm³/mol. The summed E-state index contributed by atoms with van der Waals surface area (Å²) in [5.74, 6) is 0.622. The monoisotopic (exact) mass is 386 g/mol. The highest BCUT2D eigenvalue weighted by molar-refractivity contribution is 7.12. The van der Waals surface area contributed by atoms with Gasteiger partial charge in [-0.2, -0.15) is 0 Å². The lowest BCUT2D eigenvalue weighted by atomic mass is 10.2. The van der Waals surface area contributed by atoms with E-state index in [2.05, 4.69) is 18.2 Å². The Balaban J connectivity index is 0.000000141. The fraction of sp³-hybridized carbons (Fsp3) is 0.556. The van der Waals surface area contributed by atoms with E-state index in [0.717, 1.165) is 30.9 Å². The van der Waals surface area contributed by atoms with Crippen molar-refractivity contribution in [2.75, 3.05) is 13.2 Å². The largest absolute Gasteiger partial charge is 0.391 e. The van der Waals surface area contributed by atoms with E-state index in [9.17, 15) is 0 Å². The van der Waals surface area contributed by atoms with Gasteiger partial charge in [-0.1, -0.05) is 0 Å². The molecule has 0 saturated carbocycles. The Bertz CT molecular complexity index is 559. The first-order valence-electron chi connectivity index (χ1n) is 8.37. The minimum absolute atomic E-state index is 0.150. The summed E-state index contributed by atoms with van der Waals surface area (Å²) in [6.45, 7) is 1.95. The zero-order valence-electron chi connectivity index (χ0n) is 13.6. The van der Waals surface area contributed by atoms with Crippen LogP contribution in [0.2, 0.25) is 0 Å². The van der Waals surface area contributed by atoms with E-state index in [1.165, 1.54) is 27.5 Å². The molecule has 4 rings (SSSR count). The van der Waals surface area contributed by atoms with Gasteiger partial charge in [0.1, 0.15) is 0 Å². The quantitative estimate of drug-likeness (QED) is 0.712. The Morgan fingerprint density at radius 2 is 1.46 bits per heavy atom. The first-order chi connectivity index (χ1) is 11.8. The standard InChI is InChI=1S/C9H11ClOS.C9H12O2S/c2*10-6-7-3-4-9(12-7)8-2-1-5-11-8/h3-4,8H,1-2,5-6H2;3-4,8,10H,1-2,5-6H2. The van der Waals surface area contributed by atoms with Crippen molar-refractivity contribution in [2.45, 2.75) is 50.4 Å². The van der Waals surface area contributed by atoms with Crippen LogP contribution < -0.4 is 0 Å². The minimum Gasteiger partial charge on any atom is -0.391 e. The molecule has 2 atom stereocenters. The molecule has 2 unspecified atom stereocenters. The Morgan fingerprint density at radius 1 is 0.917 bits per heavy atom. The van der Waals surface area contributed by atoms with E-state index in [4.69, 9.17) is 26.2 Å². The number of aliphatic hydroxyl groups is 1. The number of hydrogen-bond donors (Lipinski definition) is 1. The second-order valence-electron chi connectivity index (χ2n) is 5.90. The van der Waals surface area contributed by atoms with Crippen molar-refractivity contribution in [1.29, 1.82) is 0 Å². The number of aliphatic hydroxyl groups excluding tert-OH is 1. The van der Waals surface area contributed by atoms with Gasteiger partial charge < -0.3 is 14.6 Å². The molecule has 132 valence electrons. The lowest BCUT2D eigenvalue weighted by molar-refractivity contribution is 0.114. The Labute approximate surface area is 156 Å². The average molecular weight is 387 g/mol. The van der Waals surface area contributed by atoms with E-state index in [1.54, 1.807) is 22.7 Å². The van der Waals surface area contributed by atoms with Crippen LogP contribution in [0.25, 0.3) is 0 Å². The molecule has 0 spiro atoms. The lowest BCUT2D eigenvalue weighted by Crippen LogP contribution is -1.90. The summed E-state index contributed by atoms with van der Waals surface area (Å²) >= 11 is 9.14. The molecular weight excluding hydrogens is 364 g/mol. The normalized spacial score (nSPS) is 23.2. The van der Waals surface area contributed by atoms with Crippen LogP contribution in [0.1, 0.15) is 57.4 Å². The van der Waals surface area contributed by atoms with Gasteiger partial charge in [-0.15, -0.1) is 34.3 Å². The molecule has 0 amide bonds. The van der Waals surface area contributed by atoms with Crippen molar-refractivity contribution in [3.05, 3.63) is 43.8 Å². The van der Waals surface area contributed by atoms with Crippen molar-refractivity contribution in [2.24, 2.45) is 0 Å². The van der Waals surface area contributed by atoms with Crippen LogP contribution in [0.15, 0.2) is 24.3 Å². The van der Waals surface area contributed by atoms with E-state index < -0.39 is 0 Å². The van der Waals surface area contributed by atoms with Gasteiger partial charge in [0.15, 0.2) is 0 Å². The van der Waals surface area contributed by atoms with E-state index >= 15 is 0 Å². The van der Waals surface area contributed by atoms with Crippen LogP contribution in [0.5, 0.6) is 0 Å². The molecule has 2 aliphatic rings. The van der Waals surface area contributed by atoms with Crippen molar-refractivity contribution in [3.8, 4) is 0 Å². The molecule has 4 heterocycles. The van der Waals surface area contributed by atoms with Gasteiger partial charge in [0, 0.05) is 32.7 Å². The van der Waals surface area contributed by atoms with Gasteiger partial charge in [0.05, 0.1) is 24.7 Å². The van der Waals surface area contributed by atoms with Gasteiger partial charge in [-0.3, -0.25) is 0 Å². The zero-order valence-corrected chi connectivity index (χ0v) is 16.0. The van der Waals surface area contributed by atoms with E-state index in [1.807, 2.05) is 6.07 Å². The van der Waals surface area contributed by atoms with Gasteiger partial charge >= 0.3 is 0 Å². The van der Waals surface area contributed by atoms with Crippen molar-refractivity contribution < 1.29 is 14.6 Å². The van der Waals surface area contributed by atoms with Gasteiger partial charge in [-0.05, 0) is 49.9 Å². The highest BCUT2D eigenvalue weighted by atomic mass is 35.5. The minimum atomic E-state index is 0.150. The molecule has 2 aromatic heterocycles. The summed E-state index contributed by atoms with van der Waals surface area (Å²) in [6, 6.07) is 8.26. The molecule has 2 aliphatic heterocycles. The second-order valence-corrected chi connectivity index (χ2v) is 8.57. The van der Waals surface area contributed by atoms with Crippen molar-refractivity contribution in [1.82, 2.24) is 0 Å². The number of ether oxygens (including phenoxy) is 2. The molecule has 0 aromatic carbocycles. The molecular formula is C18H23ClO3S2. The maximum atomic E-state index is 8.86. The molecule has 1 N–H and O–H groups in total. The van der Waals surface area contributed by atoms with Crippen molar-refractivity contribution in [3.63, 3.8) is 0 Å². The summed E-state index contributed by atoms with van der Waals surface area (Å²) in [5.41, 5.74) is 0. The summed E-state index contributed by atoms with van der Waals surface area (Å²) in [7, 11) is 0. The van der Waals surface area contributed by atoms with Gasteiger partial charge in [-0.25, -0.2) is 0 Å². The molecule has 3 nitrogen and oxygen atoms in total. The molecule has 0 aliphatic carbocycles. The third-order valence-electron chi connectivity index (χ3n) is 4.15. The summed E-state index contributed by atoms with van der Waals surface area (Å²) in [5, 5.41) is 8.86. The van der Waals surface area contributed by atoms with Crippen LogP contribution >= 0.6 is 34.3 Å². The van der Waals surface area contributed by atoms with Crippen LogP contribution in [0.4, 0.5) is 0 Å². The van der Waals surface area contributed by atoms with Gasteiger partial charge in [0.2, 0.25) is 0 Å². The number of halogens is 1. The SMILES string of the molecule is ClCc1ccc(C2CCCO2)s1.OCc1ccc(C2CCCO2)s1. The highest BCUT2D eigenvalue weighted by Crippen LogP contribution is 2.34. The maximum absolute atomic E-state index is 8.86. The van der Waals surface area contributed by atoms with Crippen LogP contribution in [-0.4, -0.2) is 18.3 Å². The number of rotatable bonds is 4. The number of alkyl halides is 1.